The molecule has 2 N–H and O–H groups in total. The van der Waals surface area contributed by atoms with Crippen LogP contribution >= 0.6 is 11.6 Å². The lowest BCUT2D eigenvalue weighted by Crippen LogP contribution is -2.40. The van der Waals surface area contributed by atoms with E-state index in [1.54, 1.807) is 36.0 Å². The molecular formula is C31H26ClF2N6O4+. The number of aromatic nitrogens is 3. The topological polar surface area (TPSA) is 124 Å². The Balaban J connectivity index is 1.31. The molecular weight excluding hydrogens is 594 g/mol. The quantitative estimate of drug-likeness (QED) is 0.267. The Morgan fingerprint density at radius 3 is 2.82 bits per heavy atom. The number of hydrogen-bond donors (Lipinski definition) is 1. The maximum atomic E-state index is 14.6. The monoisotopic (exact) mass is 619 g/mol. The number of imide groups is 1. The van der Waals surface area contributed by atoms with Gasteiger partial charge in [-0.15, -0.1) is 4.08 Å². The Labute approximate surface area is 255 Å². The van der Waals surface area contributed by atoms with Crippen molar-refractivity contribution < 1.29 is 27.6 Å². The number of aryl methyl sites for hydroxylation is 1. The summed E-state index contributed by atoms with van der Waals surface area (Å²) in [6.45, 7) is 2.56. The highest BCUT2D eigenvalue weighted by Crippen LogP contribution is 2.35. The Morgan fingerprint density at radius 2 is 2.07 bits per heavy atom. The van der Waals surface area contributed by atoms with Crippen molar-refractivity contribution in [3.05, 3.63) is 100 Å². The third kappa shape index (κ3) is 5.39. The van der Waals surface area contributed by atoms with E-state index >= 15 is 0 Å². The number of carbonyl (C=O) groups is 3. The minimum Gasteiger partial charge on any atom is -0.487 e. The summed E-state index contributed by atoms with van der Waals surface area (Å²) >= 11 is 6.51. The van der Waals surface area contributed by atoms with Gasteiger partial charge in [0.2, 0.25) is 5.91 Å². The highest BCUT2D eigenvalue weighted by Gasteiger charge is 2.40. The van der Waals surface area contributed by atoms with Gasteiger partial charge in [0, 0.05) is 35.0 Å². The lowest BCUT2D eigenvalue weighted by molar-refractivity contribution is -0.483. The number of pyridine rings is 1. The van der Waals surface area contributed by atoms with Gasteiger partial charge in [0.25, 0.3) is 12.2 Å². The van der Waals surface area contributed by atoms with Crippen LogP contribution in [0.5, 0.6) is 5.75 Å². The number of fused-ring (bicyclic) bond motifs is 1. The number of primary amides is 1. The summed E-state index contributed by atoms with van der Waals surface area (Å²) in [5.74, 6) is -1.02. The lowest BCUT2D eigenvalue weighted by Gasteiger charge is -2.26. The van der Waals surface area contributed by atoms with Crippen LogP contribution in [0.4, 0.5) is 9.18 Å². The fourth-order valence-electron chi connectivity index (χ4n) is 5.27. The fraction of sp³-hybridized carbons (Fsp3) is 0.194. The minimum atomic E-state index is -0.824. The summed E-state index contributed by atoms with van der Waals surface area (Å²) in [7, 11) is 0. The van der Waals surface area contributed by atoms with E-state index in [0.717, 1.165) is 33.3 Å². The Morgan fingerprint density at radius 1 is 1.25 bits per heavy atom. The van der Waals surface area contributed by atoms with E-state index < -0.39 is 36.2 Å². The van der Waals surface area contributed by atoms with Crippen molar-refractivity contribution in [2.75, 3.05) is 13.1 Å². The minimum absolute atomic E-state index is 0.0858. The van der Waals surface area contributed by atoms with Crippen LogP contribution in [0.3, 0.4) is 0 Å². The maximum absolute atomic E-state index is 14.6. The van der Waals surface area contributed by atoms with E-state index in [2.05, 4.69) is 5.10 Å². The van der Waals surface area contributed by atoms with Gasteiger partial charge >= 0.3 is 11.9 Å². The molecule has 0 spiro atoms. The molecule has 1 fully saturated rings. The zero-order chi connectivity index (χ0) is 31.1. The molecule has 4 heterocycles. The zero-order valence-corrected chi connectivity index (χ0v) is 24.4. The Kier molecular flexibility index (Phi) is 7.60. The number of allylic oxidation sites excluding steroid dienone is 2. The number of ether oxygens (including phenoxy) is 1. The number of benzene rings is 2. The third-order valence-electron chi connectivity index (χ3n) is 7.39. The summed E-state index contributed by atoms with van der Waals surface area (Å²) in [5.41, 5.74) is 8.78. The van der Waals surface area contributed by atoms with Crippen LogP contribution in [0.15, 0.2) is 67.3 Å². The molecule has 1 atom stereocenters. The van der Waals surface area contributed by atoms with Crippen LogP contribution in [-0.2, 0) is 16.2 Å². The van der Waals surface area contributed by atoms with Gasteiger partial charge in [0.05, 0.1) is 22.9 Å². The smallest absolute Gasteiger partial charge is 0.329 e. The molecule has 13 heteroatoms. The van der Waals surface area contributed by atoms with Gasteiger partial charge in [-0.05, 0) is 43.7 Å². The van der Waals surface area contributed by atoms with Crippen molar-refractivity contribution in [3.63, 3.8) is 0 Å². The van der Waals surface area contributed by atoms with Gasteiger partial charge in [0.15, 0.2) is 0 Å². The van der Waals surface area contributed by atoms with Crippen molar-refractivity contribution in [2.45, 2.75) is 26.5 Å². The first kappa shape index (κ1) is 29.0. The molecule has 1 saturated heterocycles. The number of para-hydroxylation sites is 1. The van der Waals surface area contributed by atoms with Gasteiger partial charge in [0.1, 0.15) is 42.3 Å². The molecule has 0 radical (unpaired) electrons. The molecule has 44 heavy (non-hydrogen) atoms. The first-order valence-electron chi connectivity index (χ1n) is 13.6. The standard InChI is InChI=1S/C31H25ClF2N6O4/c1-17-9-26(40-13-19(12-36-40)25-6-4-8-34-25)21-5-3-7-27(30(21)37-17)44-16-23-22(10-20(33)11-24(23)32)18(2)38-15-29(42)39(31(38)43)14-28(35)41/h3-13,18H,14-16H2,1-2H3,(H-,35,41)/p+1/t18-/m0/s1. The van der Waals surface area contributed by atoms with E-state index in [1.165, 1.54) is 17.3 Å². The van der Waals surface area contributed by atoms with Crippen molar-refractivity contribution in [3.8, 4) is 11.4 Å². The first-order chi connectivity index (χ1) is 21.1. The summed E-state index contributed by atoms with van der Waals surface area (Å²) < 4.78 is 29.2. The van der Waals surface area contributed by atoms with E-state index in [4.69, 9.17) is 31.1 Å². The predicted molar refractivity (Wildman–Crippen MR) is 158 cm³/mol. The van der Waals surface area contributed by atoms with Crippen LogP contribution < -0.4 is 10.5 Å². The van der Waals surface area contributed by atoms with Crippen LogP contribution in [0.2, 0.25) is 5.02 Å². The molecule has 0 unspecified atom stereocenters. The van der Waals surface area contributed by atoms with E-state index in [9.17, 15) is 18.8 Å². The predicted octanol–water partition coefficient (Wildman–Crippen LogP) is 4.86. The molecule has 2 aliphatic heterocycles. The van der Waals surface area contributed by atoms with Crippen LogP contribution in [0, 0.1) is 16.8 Å². The van der Waals surface area contributed by atoms with E-state index in [0.29, 0.717) is 28.2 Å². The second kappa shape index (κ2) is 11.5. The van der Waals surface area contributed by atoms with Crippen molar-refractivity contribution >= 4 is 46.2 Å². The fourth-order valence-corrected chi connectivity index (χ4v) is 5.54. The summed E-state index contributed by atoms with van der Waals surface area (Å²) in [4.78, 5) is 43.5. The highest BCUT2D eigenvalue weighted by atomic mass is 35.5. The van der Waals surface area contributed by atoms with Gasteiger partial charge in [-0.1, -0.05) is 23.7 Å². The third-order valence-corrected chi connectivity index (χ3v) is 7.73. The molecule has 4 amide bonds. The molecule has 2 aromatic heterocycles. The van der Waals surface area contributed by atoms with Gasteiger partial charge < -0.3 is 15.4 Å². The van der Waals surface area contributed by atoms with Crippen molar-refractivity contribution in [2.24, 2.45) is 5.73 Å². The Hall–Kier alpha value is -5.10. The second-order valence-corrected chi connectivity index (χ2v) is 10.7. The summed E-state index contributed by atoms with van der Waals surface area (Å²) in [6, 6.07) is 8.30. The summed E-state index contributed by atoms with van der Waals surface area (Å²) in [6.07, 6.45) is 8.54. The van der Waals surface area contributed by atoms with Crippen LogP contribution in [-0.4, -0.2) is 55.5 Å². The number of nitrogens with zero attached hydrogens (tertiary/aromatic N) is 5. The molecule has 6 rings (SSSR count). The molecule has 10 nitrogen and oxygen atoms in total. The molecule has 0 aliphatic carbocycles. The number of rotatable bonds is 9. The number of carbonyl (C=O) groups excluding carboxylic acids is 3. The van der Waals surface area contributed by atoms with Crippen molar-refractivity contribution in [1.29, 1.82) is 0 Å². The van der Waals surface area contributed by atoms with E-state index in [-0.39, 0.29) is 18.2 Å². The number of hydrogen-bond acceptors (Lipinski definition) is 6. The molecule has 0 bridgehead atoms. The van der Waals surface area contributed by atoms with E-state index in [1.807, 2.05) is 31.3 Å². The van der Waals surface area contributed by atoms with Gasteiger partial charge in [-0.25, -0.2) is 18.9 Å². The Bertz CT molecular complexity index is 1910. The number of halogens is 3. The number of nitrogens with two attached hydrogens (primary N) is 1. The number of urea groups is 1. The number of amides is 4. The second-order valence-electron chi connectivity index (χ2n) is 10.3. The molecule has 2 aromatic carbocycles. The largest absolute Gasteiger partial charge is 0.487 e. The molecule has 4 aromatic rings. The average molecular weight is 620 g/mol. The summed E-state index contributed by atoms with van der Waals surface area (Å²) in [5, 5.41) is 5.36. The molecule has 2 aliphatic rings. The normalized spacial score (nSPS) is 15.4. The average Bonchev–Trinajstić information content (AvgIpc) is 3.74. The van der Waals surface area contributed by atoms with Crippen LogP contribution in [0.1, 0.15) is 35.3 Å². The zero-order valence-electron chi connectivity index (χ0n) is 23.6. The molecule has 0 saturated carbocycles. The maximum Gasteiger partial charge on any atom is 0.329 e. The SMILES string of the molecule is Cc1cc(-n2cc(C3=CC=C[F+]3)cn2)c2cccc(OCc3c(Cl)cc(F)cc3[C@H](C)N3CC(=O)N(CC(N)=O)C3=O)c2n1. The first-order valence-corrected chi connectivity index (χ1v) is 13.9. The van der Waals surface area contributed by atoms with Gasteiger partial charge in [-0.2, -0.15) is 5.10 Å². The highest BCUT2D eigenvalue weighted by molar-refractivity contribution is 6.31. The van der Waals surface area contributed by atoms with Gasteiger partial charge in [-0.3, -0.25) is 14.5 Å². The molecule has 224 valence electrons. The lowest BCUT2D eigenvalue weighted by atomic mass is 10.0. The van der Waals surface area contributed by atoms with Crippen LogP contribution in [0.25, 0.3) is 22.4 Å². The van der Waals surface area contributed by atoms with Crippen molar-refractivity contribution in [1.82, 2.24) is 24.6 Å².